The Morgan fingerprint density at radius 1 is 1.60 bits per heavy atom. The van der Waals surface area contributed by atoms with Gasteiger partial charge in [-0.1, -0.05) is 12.2 Å². The maximum absolute atomic E-state index is 11.2. The Morgan fingerprint density at radius 3 is 3.10 bits per heavy atom. The van der Waals surface area contributed by atoms with E-state index in [2.05, 4.69) is 0 Å². The Hall–Kier alpha value is -0.340. The number of alkyl halides is 1. The van der Waals surface area contributed by atoms with E-state index < -0.39 is 10.8 Å². The van der Waals surface area contributed by atoms with E-state index in [1.807, 2.05) is 24.3 Å². The van der Waals surface area contributed by atoms with Crippen molar-refractivity contribution in [3.63, 3.8) is 0 Å². The molecule has 2 atom stereocenters. The van der Waals surface area contributed by atoms with E-state index in [1.165, 1.54) is 0 Å². The Bertz CT molecular complexity index is 288. The highest BCUT2D eigenvalue weighted by Crippen LogP contribution is 2.33. The Kier molecular flexibility index (Phi) is 1.32. The number of halogens is 1. The molecule has 0 aromatic rings. The molecule has 0 saturated heterocycles. The molecule has 3 heteroatoms. The Morgan fingerprint density at radius 2 is 2.40 bits per heavy atom. The molecular weight excluding hydrogens is 168 g/mol. The van der Waals surface area contributed by atoms with Crippen LogP contribution in [0.2, 0.25) is 0 Å². The Labute approximate surface area is 66.5 Å². The molecule has 10 heavy (non-hydrogen) atoms. The molecule has 1 aliphatic heterocycles. The Balaban J connectivity index is 2.50. The molecule has 2 rings (SSSR count). The van der Waals surface area contributed by atoms with Crippen LogP contribution in [0.3, 0.4) is 0 Å². The number of rotatable bonds is 0. The van der Waals surface area contributed by atoms with Crippen molar-refractivity contribution in [2.24, 2.45) is 0 Å². The van der Waals surface area contributed by atoms with Gasteiger partial charge in [-0.2, -0.15) is 0 Å². The molecule has 1 nitrogen and oxygen atoms in total. The standard InChI is InChI=1S/C7H5ClOS/c8-7-4-5-2-1-3-6(5)10(7)9/h1-4,7H. The predicted octanol–water partition coefficient (Wildman–Crippen LogP) is 1.69. The minimum atomic E-state index is -1.00. The third-order valence-corrected chi connectivity index (χ3v) is 3.50. The van der Waals surface area contributed by atoms with Crippen LogP contribution in [-0.2, 0) is 10.8 Å². The largest absolute Gasteiger partial charge is 0.252 e. The van der Waals surface area contributed by atoms with Gasteiger partial charge in [-0.15, -0.1) is 11.6 Å². The molecule has 2 unspecified atom stereocenters. The summed E-state index contributed by atoms with van der Waals surface area (Å²) in [5.74, 6) is 0. The van der Waals surface area contributed by atoms with Gasteiger partial charge in [0.1, 0.15) is 4.71 Å². The fourth-order valence-corrected chi connectivity index (χ4v) is 2.58. The first kappa shape index (κ1) is 6.38. The summed E-state index contributed by atoms with van der Waals surface area (Å²) < 4.78 is 10.9. The first-order valence-electron chi connectivity index (χ1n) is 2.94. The number of hydrogen-bond donors (Lipinski definition) is 0. The average Bonchev–Trinajstić information content (AvgIpc) is 2.41. The van der Waals surface area contributed by atoms with Crippen molar-refractivity contribution < 1.29 is 4.21 Å². The van der Waals surface area contributed by atoms with Crippen LogP contribution < -0.4 is 0 Å². The lowest BCUT2D eigenvalue weighted by molar-refractivity contribution is 0.688. The van der Waals surface area contributed by atoms with Gasteiger partial charge in [0, 0.05) is 4.91 Å². The average molecular weight is 173 g/mol. The van der Waals surface area contributed by atoms with Gasteiger partial charge in [-0.25, -0.2) is 0 Å². The monoisotopic (exact) mass is 172 g/mol. The van der Waals surface area contributed by atoms with Crippen LogP contribution in [0.25, 0.3) is 0 Å². The topological polar surface area (TPSA) is 17.1 Å². The normalized spacial score (nSPS) is 35.7. The van der Waals surface area contributed by atoms with Crippen molar-refractivity contribution in [3.8, 4) is 0 Å². The molecule has 0 bridgehead atoms. The van der Waals surface area contributed by atoms with Crippen LogP contribution in [0, 0.1) is 0 Å². The van der Waals surface area contributed by atoms with E-state index in [4.69, 9.17) is 11.6 Å². The molecule has 1 aliphatic carbocycles. The molecule has 2 aliphatic rings. The van der Waals surface area contributed by atoms with Crippen LogP contribution in [0.5, 0.6) is 0 Å². The molecule has 0 aromatic carbocycles. The highest BCUT2D eigenvalue weighted by molar-refractivity contribution is 7.91. The summed E-state index contributed by atoms with van der Waals surface area (Å²) in [5.41, 5.74) is 1.03. The zero-order chi connectivity index (χ0) is 7.14. The zero-order valence-corrected chi connectivity index (χ0v) is 6.65. The zero-order valence-electron chi connectivity index (χ0n) is 5.08. The quantitative estimate of drug-likeness (QED) is 0.509. The van der Waals surface area contributed by atoms with Crippen LogP contribution in [0.4, 0.5) is 0 Å². The molecule has 0 N–H and O–H groups in total. The summed E-state index contributed by atoms with van der Waals surface area (Å²) >= 11 is 5.71. The van der Waals surface area contributed by atoms with Gasteiger partial charge in [0.15, 0.2) is 0 Å². The lowest BCUT2D eigenvalue weighted by Gasteiger charge is -1.93. The molecule has 0 radical (unpaired) electrons. The molecule has 1 heterocycles. The number of fused-ring (bicyclic) bond motifs is 1. The second-order valence-corrected chi connectivity index (χ2v) is 4.43. The van der Waals surface area contributed by atoms with Gasteiger partial charge in [-0.3, -0.25) is 4.21 Å². The van der Waals surface area contributed by atoms with E-state index in [1.54, 1.807) is 0 Å². The first-order valence-corrected chi connectivity index (χ1v) is 4.59. The number of hydrogen-bond acceptors (Lipinski definition) is 1. The fourth-order valence-electron chi connectivity index (χ4n) is 1.06. The molecule has 0 fully saturated rings. The maximum atomic E-state index is 11.2. The van der Waals surface area contributed by atoms with E-state index >= 15 is 0 Å². The third-order valence-electron chi connectivity index (χ3n) is 1.54. The van der Waals surface area contributed by atoms with E-state index in [-0.39, 0.29) is 4.71 Å². The van der Waals surface area contributed by atoms with Crippen molar-refractivity contribution in [3.05, 3.63) is 34.8 Å². The lowest BCUT2D eigenvalue weighted by atomic mass is 10.3. The molecule has 0 saturated carbocycles. The molecule has 0 amide bonds. The predicted molar refractivity (Wildman–Crippen MR) is 43.1 cm³/mol. The van der Waals surface area contributed by atoms with E-state index in [0.717, 1.165) is 10.5 Å². The molecular formula is C7H5ClOS. The van der Waals surface area contributed by atoms with Crippen molar-refractivity contribution in [1.29, 1.82) is 0 Å². The van der Waals surface area contributed by atoms with Crippen molar-refractivity contribution >= 4 is 22.4 Å². The maximum Gasteiger partial charge on any atom is 0.132 e. The summed E-state index contributed by atoms with van der Waals surface area (Å²) in [6.45, 7) is 0. The van der Waals surface area contributed by atoms with Gasteiger partial charge in [0.25, 0.3) is 0 Å². The third kappa shape index (κ3) is 0.724. The van der Waals surface area contributed by atoms with Gasteiger partial charge < -0.3 is 0 Å². The summed E-state index contributed by atoms with van der Waals surface area (Å²) in [7, 11) is -1.00. The van der Waals surface area contributed by atoms with Crippen LogP contribution in [0.1, 0.15) is 0 Å². The summed E-state index contributed by atoms with van der Waals surface area (Å²) in [5, 5.41) is 0. The van der Waals surface area contributed by atoms with E-state index in [9.17, 15) is 4.21 Å². The molecule has 52 valence electrons. The smallest absolute Gasteiger partial charge is 0.132 e. The van der Waals surface area contributed by atoms with Gasteiger partial charge in [-0.05, 0) is 17.7 Å². The highest BCUT2D eigenvalue weighted by atomic mass is 35.5. The van der Waals surface area contributed by atoms with Crippen molar-refractivity contribution in [2.45, 2.75) is 4.71 Å². The fraction of sp³-hybridized carbons (Fsp3) is 0.143. The molecule has 0 spiro atoms. The summed E-state index contributed by atoms with van der Waals surface area (Å²) in [4.78, 5) is 0.875. The van der Waals surface area contributed by atoms with Crippen molar-refractivity contribution in [2.75, 3.05) is 0 Å². The lowest BCUT2D eigenvalue weighted by Crippen LogP contribution is -1.97. The minimum Gasteiger partial charge on any atom is -0.252 e. The van der Waals surface area contributed by atoms with Crippen LogP contribution in [-0.4, -0.2) is 8.92 Å². The van der Waals surface area contributed by atoms with Crippen LogP contribution >= 0.6 is 11.6 Å². The SMILES string of the molecule is O=S1C2=CC=CC2=CC1Cl. The van der Waals surface area contributed by atoms with Gasteiger partial charge in [0.2, 0.25) is 0 Å². The van der Waals surface area contributed by atoms with Gasteiger partial charge in [0.05, 0.1) is 10.8 Å². The van der Waals surface area contributed by atoms with E-state index in [0.29, 0.717) is 0 Å². The van der Waals surface area contributed by atoms with Crippen LogP contribution in [0.15, 0.2) is 34.8 Å². The van der Waals surface area contributed by atoms with Crippen molar-refractivity contribution in [1.82, 2.24) is 0 Å². The van der Waals surface area contributed by atoms with Gasteiger partial charge >= 0.3 is 0 Å². The second-order valence-electron chi connectivity index (χ2n) is 2.16. The number of allylic oxidation sites excluding steroid dienone is 4. The summed E-state index contributed by atoms with van der Waals surface area (Å²) in [6, 6.07) is 0. The molecule has 0 aromatic heterocycles. The highest BCUT2D eigenvalue weighted by Gasteiger charge is 2.26. The first-order chi connectivity index (χ1) is 4.79. The summed E-state index contributed by atoms with van der Waals surface area (Å²) in [6.07, 6.45) is 7.49. The minimum absolute atomic E-state index is 0.314. The second kappa shape index (κ2) is 2.07.